The first-order chi connectivity index (χ1) is 9.26. The number of ether oxygens (including phenoxy) is 2. The second kappa shape index (κ2) is 9.16. The Morgan fingerprint density at radius 2 is 2.11 bits per heavy atom. The molecule has 0 aliphatic heterocycles. The Balaban J connectivity index is 2.19. The summed E-state index contributed by atoms with van der Waals surface area (Å²) < 4.78 is 9.97. The highest BCUT2D eigenvalue weighted by Crippen LogP contribution is 2.11. The van der Waals surface area contributed by atoms with Gasteiger partial charge in [-0.25, -0.2) is 0 Å². The van der Waals surface area contributed by atoms with Gasteiger partial charge in [0.1, 0.15) is 12.4 Å². The van der Waals surface area contributed by atoms with Crippen LogP contribution in [0.2, 0.25) is 0 Å². The summed E-state index contributed by atoms with van der Waals surface area (Å²) in [5.41, 5.74) is 1.18. The van der Waals surface area contributed by atoms with Crippen molar-refractivity contribution in [3.63, 3.8) is 0 Å². The molecule has 0 saturated carbocycles. The summed E-state index contributed by atoms with van der Waals surface area (Å²) in [5, 5.41) is 3.28. The molecule has 1 aromatic carbocycles. The minimum absolute atomic E-state index is 0.162. The lowest BCUT2D eigenvalue weighted by molar-refractivity contribution is -0.140. The van der Waals surface area contributed by atoms with Crippen molar-refractivity contribution >= 4 is 5.97 Å². The van der Waals surface area contributed by atoms with Crippen LogP contribution in [-0.4, -0.2) is 26.2 Å². The summed E-state index contributed by atoms with van der Waals surface area (Å²) in [6.45, 7) is 5.70. The van der Waals surface area contributed by atoms with E-state index in [-0.39, 0.29) is 5.97 Å². The Morgan fingerprint density at radius 3 is 2.74 bits per heavy atom. The summed E-state index contributed by atoms with van der Waals surface area (Å²) in [4.78, 5) is 10.9. The molecule has 19 heavy (non-hydrogen) atoms. The van der Waals surface area contributed by atoms with Crippen molar-refractivity contribution in [3.8, 4) is 5.75 Å². The monoisotopic (exact) mass is 263 g/mol. The first-order valence-corrected chi connectivity index (χ1v) is 6.36. The van der Waals surface area contributed by atoms with Crippen molar-refractivity contribution in [3.05, 3.63) is 42.5 Å². The second-order valence-corrected chi connectivity index (χ2v) is 4.10. The number of nitrogens with one attached hydrogen (secondary N) is 1. The van der Waals surface area contributed by atoms with E-state index in [1.807, 2.05) is 24.3 Å². The maximum absolute atomic E-state index is 10.9. The van der Waals surface area contributed by atoms with E-state index in [9.17, 15) is 4.79 Å². The average molecular weight is 263 g/mol. The van der Waals surface area contributed by atoms with Crippen LogP contribution in [-0.2, 0) is 16.1 Å². The number of rotatable bonds is 9. The number of carbonyl (C=O) groups excluding carboxylic acids is 1. The second-order valence-electron chi connectivity index (χ2n) is 4.10. The highest BCUT2D eigenvalue weighted by Gasteiger charge is 1.99. The van der Waals surface area contributed by atoms with Gasteiger partial charge in [-0.05, 0) is 30.7 Å². The number of hydrogen-bond donors (Lipinski definition) is 1. The number of esters is 1. The molecule has 1 N–H and O–H groups in total. The molecule has 0 aliphatic rings. The van der Waals surface area contributed by atoms with Gasteiger partial charge in [0.2, 0.25) is 0 Å². The van der Waals surface area contributed by atoms with E-state index in [4.69, 9.17) is 4.74 Å². The van der Waals surface area contributed by atoms with Gasteiger partial charge in [-0.15, -0.1) is 0 Å². The van der Waals surface area contributed by atoms with Crippen molar-refractivity contribution in [2.75, 3.05) is 20.3 Å². The molecular formula is C15H21NO3. The van der Waals surface area contributed by atoms with E-state index in [0.29, 0.717) is 13.0 Å². The maximum Gasteiger partial charge on any atom is 0.305 e. The van der Waals surface area contributed by atoms with Gasteiger partial charge in [-0.3, -0.25) is 4.79 Å². The van der Waals surface area contributed by atoms with E-state index in [1.165, 1.54) is 12.7 Å². The lowest BCUT2D eigenvalue weighted by Crippen LogP contribution is -2.16. The molecule has 104 valence electrons. The van der Waals surface area contributed by atoms with Crippen molar-refractivity contribution in [1.82, 2.24) is 5.32 Å². The van der Waals surface area contributed by atoms with Crippen molar-refractivity contribution in [1.29, 1.82) is 0 Å². The van der Waals surface area contributed by atoms with E-state index in [1.54, 1.807) is 6.08 Å². The van der Waals surface area contributed by atoms with Gasteiger partial charge >= 0.3 is 5.97 Å². The molecule has 0 fully saturated rings. The number of carbonyl (C=O) groups is 1. The zero-order chi connectivity index (χ0) is 13.9. The smallest absolute Gasteiger partial charge is 0.305 e. The highest BCUT2D eigenvalue weighted by atomic mass is 16.5. The number of benzene rings is 1. The molecule has 0 aromatic heterocycles. The van der Waals surface area contributed by atoms with Gasteiger partial charge in [-0.1, -0.05) is 24.8 Å². The van der Waals surface area contributed by atoms with Crippen LogP contribution in [0, 0.1) is 0 Å². The quantitative estimate of drug-likeness (QED) is 0.422. The minimum atomic E-state index is -0.162. The van der Waals surface area contributed by atoms with Crippen molar-refractivity contribution in [2.45, 2.75) is 19.4 Å². The summed E-state index contributed by atoms with van der Waals surface area (Å²) >= 11 is 0. The Bertz CT molecular complexity index is 387. The van der Waals surface area contributed by atoms with Crippen LogP contribution in [0.25, 0.3) is 0 Å². The van der Waals surface area contributed by atoms with Crippen molar-refractivity contribution < 1.29 is 14.3 Å². The summed E-state index contributed by atoms with van der Waals surface area (Å²) in [6.07, 6.45) is 2.96. The molecule has 0 bridgehead atoms. The molecule has 0 saturated heterocycles. The summed E-state index contributed by atoms with van der Waals surface area (Å²) in [6, 6.07) is 7.92. The van der Waals surface area contributed by atoms with E-state index >= 15 is 0 Å². The topological polar surface area (TPSA) is 47.6 Å². The van der Waals surface area contributed by atoms with Crippen LogP contribution in [0.4, 0.5) is 0 Å². The third kappa shape index (κ3) is 6.62. The zero-order valence-electron chi connectivity index (χ0n) is 11.4. The predicted molar refractivity (Wildman–Crippen MR) is 75.1 cm³/mol. The molecule has 0 aliphatic carbocycles. The van der Waals surface area contributed by atoms with Gasteiger partial charge in [0.05, 0.1) is 7.11 Å². The maximum atomic E-state index is 10.9. The van der Waals surface area contributed by atoms with Crippen LogP contribution in [0.15, 0.2) is 36.9 Å². The molecule has 4 heteroatoms. The van der Waals surface area contributed by atoms with Crippen LogP contribution in [0.3, 0.4) is 0 Å². The highest BCUT2D eigenvalue weighted by molar-refractivity contribution is 5.69. The van der Waals surface area contributed by atoms with Crippen LogP contribution in [0.1, 0.15) is 18.4 Å². The first kappa shape index (κ1) is 15.2. The molecule has 0 heterocycles. The predicted octanol–water partition coefficient (Wildman–Crippen LogP) is 2.29. The molecule has 0 unspecified atom stereocenters. The normalized spacial score (nSPS) is 9.95. The Labute approximate surface area is 114 Å². The number of hydrogen-bond acceptors (Lipinski definition) is 4. The number of methoxy groups -OCH3 is 1. The van der Waals surface area contributed by atoms with Gasteiger partial charge in [0, 0.05) is 13.0 Å². The SMILES string of the molecule is C=CCOc1ccc(CNCCCC(=O)OC)cc1. The van der Waals surface area contributed by atoms with Gasteiger partial charge in [0.25, 0.3) is 0 Å². The van der Waals surface area contributed by atoms with E-state index in [2.05, 4.69) is 16.6 Å². The molecule has 0 radical (unpaired) electrons. The van der Waals surface area contributed by atoms with Gasteiger partial charge in [-0.2, -0.15) is 0 Å². The molecule has 0 atom stereocenters. The first-order valence-electron chi connectivity index (χ1n) is 6.36. The fourth-order valence-corrected chi connectivity index (χ4v) is 1.55. The summed E-state index contributed by atoms with van der Waals surface area (Å²) in [7, 11) is 1.41. The van der Waals surface area contributed by atoms with E-state index < -0.39 is 0 Å². The molecule has 0 spiro atoms. The van der Waals surface area contributed by atoms with Crippen LogP contribution in [0.5, 0.6) is 5.75 Å². The molecule has 4 nitrogen and oxygen atoms in total. The van der Waals surface area contributed by atoms with Gasteiger partial charge in [0.15, 0.2) is 0 Å². The third-order valence-corrected chi connectivity index (χ3v) is 2.58. The lowest BCUT2D eigenvalue weighted by Gasteiger charge is -2.06. The Morgan fingerprint density at radius 1 is 1.37 bits per heavy atom. The van der Waals surface area contributed by atoms with E-state index in [0.717, 1.165) is 25.3 Å². The standard InChI is InChI=1S/C15H21NO3/c1-3-11-19-14-8-6-13(7-9-14)12-16-10-4-5-15(17)18-2/h3,6-9,16H,1,4-5,10-12H2,2H3. The lowest BCUT2D eigenvalue weighted by atomic mass is 10.2. The summed E-state index contributed by atoms with van der Waals surface area (Å²) in [5.74, 6) is 0.680. The Kier molecular flexibility index (Phi) is 7.35. The fourth-order valence-electron chi connectivity index (χ4n) is 1.55. The molecule has 1 rings (SSSR count). The van der Waals surface area contributed by atoms with Crippen molar-refractivity contribution in [2.24, 2.45) is 0 Å². The largest absolute Gasteiger partial charge is 0.490 e. The van der Waals surface area contributed by atoms with Crippen LogP contribution < -0.4 is 10.1 Å². The van der Waals surface area contributed by atoms with Gasteiger partial charge < -0.3 is 14.8 Å². The van der Waals surface area contributed by atoms with Crippen LogP contribution >= 0.6 is 0 Å². The minimum Gasteiger partial charge on any atom is -0.490 e. The fraction of sp³-hybridized carbons (Fsp3) is 0.400. The zero-order valence-corrected chi connectivity index (χ0v) is 11.4. The average Bonchev–Trinajstić information content (AvgIpc) is 2.45. The molecule has 0 amide bonds. The third-order valence-electron chi connectivity index (χ3n) is 2.58. The molecule has 1 aromatic rings. The Hall–Kier alpha value is -1.81. The molecular weight excluding hydrogens is 242 g/mol.